The standard InChI is InChI=1S/C13H16N2O3/c16-8-6-12(17)13(18)10-3-1-9(2-4-10)11-5-7-14-15-11/h1-5,7,12-13,16-18H,6,8H2,(H,14,15). The molecule has 96 valence electrons. The molecule has 1 aromatic carbocycles. The van der Waals surface area contributed by atoms with Gasteiger partial charge in [0.15, 0.2) is 0 Å². The van der Waals surface area contributed by atoms with E-state index < -0.39 is 12.2 Å². The number of aliphatic hydroxyl groups is 3. The van der Waals surface area contributed by atoms with E-state index in [1.165, 1.54) is 0 Å². The number of nitrogens with zero attached hydrogens (tertiary/aromatic N) is 1. The smallest absolute Gasteiger partial charge is 0.105 e. The summed E-state index contributed by atoms with van der Waals surface area (Å²) in [4.78, 5) is 0. The molecule has 0 amide bonds. The predicted octanol–water partition coefficient (Wildman–Crippen LogP) is 0.853. The van der Waals surface area contributed by atoms with Gasteiger partial charge in [0.1, 0.15) is 6.10 Å². The van der Waals surface area contributed by atoms with Crippen molar-refractivity contribution in [1.29, 1.82) is 0 Å². The van der Waals surface area contributed by atoms with Gasteiger partial charge in [0, 0.05) is 12.8 Å². The molecule has 18 heavy (non-hydrogen) atoms. The number of aliphatic hydroxyl groups excluding tert-OH is 3. The Morgan fingerprint density at radius 1 is 1.11 bits per heavy atom. The van der Waals surface area contributed by atoms with Crippen molar-refractivity contribution in [1.82, 2.24) is 10.2 Å². The van der Waals surface area contributed by atoms with Crippen LogP contribution in [0.2, 0.25) is 0 Å². The molecule has 0 radical (unpaired) electrons. The summed E-state index contributed by atoms with van der Waals surface area (Å²) >= 11 is 0. The summed E-state index contributed by atoms with van der Waals surface area (Å²) in [5.41, 5.74) is 2.48. The Bertz CT molecular complexity index is 467. The molecular formula is C13H16N2O3. The molecule has 0 aliphatic carbocycles. The second kappa shape index (κ2) is 5.77. The Balaban J connectivity index is 2.12. The van der Waals surface area contributed by atoms with Gasteiger partial charge in [-0.15, -0.1) is 0 Å². The average molecular weight is 248 g/mol. The van der Waals surface area contributed by atoms with Gasteiger partial charge in [0.05, 0.1) is 11.8 Å². The molecule has 0 bridgehead atoms. The number of aromatic amines is 1. The van der Waals surface area contributed by atoms with Crippen LogP contribution in [0.1, 0.15) is 18.1 Å². The van der Waals surface area contributed by atoms with E-state index in [0.717, 1.165) is 11.3 Å². The third-order valence-corrected chi connectivity index (χ3v) is 2.85. The van der Waals surface area contributed by atoms with Crippen molar-refractivity contribution in [2.45, 2.75) is 18.6 Å². The van der Waals surface area contributed by atoms with E-state index >= 15 is 0 Å². The van der Waals surface area contributed by atoms with Gasteiger partial charge in [-0.1, -0.05) is 24.3 Å². The Kier molecular flexibility index (Phi) is 4.09. The third-order valence-electron chi connectivity index (χ3n) is 2.85. The summed E-state index contributed by atoms with van der Waals surface area (Å²) in [7, 11) is 0. The molecule has 5 heteroatoms. The number of H-pyrrole nitrogens is 1. The fraction of sp³-hybridized carbons (Fsp3) is 0.308. The van der Waals surface area contributed by atoms with Gasteiger partial charge in [0.25, 0.3) is 0 Å². The van der Waals surface area contributed by atoms with Crippen LogP contribution >= 0.6 is 0 Å². The van der Waals surface area contributed by atoms with E-state index in [2.05, 4.69) is 10.2 Å². The second-order valence-corrected chi connectivity index (χ2v) is 4.12. The van der Waals surface area contributed by atoms with Gasteiger partial charge < -0.3 is 15.3 Å². The number of nitrogens with one attached hydrogen (secondary N) is 1. The minimum atomic E-state index is -0.979. The first-order chi connectivity index (χ1) is 8.72. The number of aromatic nitrogens is 2. The molecule has 1 aromatic heterocycles. The van der Waals surface area contributed by atoms with Crippen LogP contribution in [0.15, 0.2) is 36.5 Å². The maximum absolute atomic E-state index is 9.86. The molecule has 2 atom stereocenters. The molecule has 1 heterocycles. The van der Waals surface area contributed by atoms with Crippen molar-refractivity contribution in [3.8, 4) is 11.3 Å². The fourth-order valence-corrected chi connectivity index (χ4v) is 1.79. The SMILES string of the molecule is OCCC(O)C(O)c1ccc(-c2ccn[nH]2)cc1. The van der Waals surface area contributed by atoms with Crippen molar-refractivity contribution in [3.63, 3.8) is 0 Å². The highest BCUT2D eigenvalue weighted by Crippen LogP contribution is 2.22. The van der Waals surface area contributed by atoms with E-state index in [1.54, 1.807) is 18.3 Å². The largest absolute Gasteiger partial charge is 0.396 e. The van der Waals surface area contributed by atoms with E-state index in [0.29, 0.717) is 5.56 Å². The van der Waals surface area contributed by atoms with Crippen LogP contribution in [0.5, 0.6) is 0 Å². The molecule has 0 aliphatic heterocycles. The maximum atomic E-state index is 9.86. The number of benzene rings is 1. The lowest BCUT2D eigenvalue weighted by molar-refractivity contribution is 0.00422. The van der Waals surface area contributed by atoms with Crippen molar-refractivity contribution >= 4 is 0 Å². The molecule has 4 N–H and O–H groups in total. The van der Waals surface area contributed by atoms with Crippen LogP contribution in [-0.4, -0.2) is 38.2 Å². The zero-order valence-electron chi connectivity index (χ0n) is 9.82. The first-order valence-corrected chi connectivity index (χ1v) is 5.79. The normalized spacial score (nSPS) is 14.4. The Morgan fingerprint density at radius 3 is 2.39 bits per heavy atom. The molecule has 5 nitrogen and oxygen atoms in total. The first kappa shape index (κ1) is 12.8. The van der Waals surface area contributed by atoms with Crippen molar-refractivity contribution in [2.75, 3.05) is 6.61 Å². The molecule has 0 saturated heterocycles. The van der Waals surface area contributed by atoms with Gasteiger partial charge in [-0.25, -0.2) is 0 Å². The van der Waals surface area contributed by atoms with Crippen LogP contribution < -0.4 is 0 Å². The highest BCUT2D eigenvalue weighted by Gasteiger charge is 2.17. The van der Waals surface area contributed by atoms with Crippen LogP contribution in [0.25, 0.3) is 11.3 Å². The van der Waals surface area contributed by atoms with Crippen LogP contribution in [0.4, 0.5) is 0 Å². The lowest BCUT2D eigenvalue weighted by Gasteiger charge is -2.17. The van der Waals surface area contributed by atoms with Crippen LogP contribution in [0, 0.1) is 0 Å². The lowest BCUT2D eigenvalue weighted by Crippen LogP contribution is -2.19. The quantitative estimate of drug-likeness (QED) is 0.631. The summed E-state index contributed by atoms with van der Waals surface area (Å²) in [6.45, 7) is -0.148. The van der Waals surface area contributed by atoms with Crippen molar-refractivity contribution in [2.24, 2.45) is 0 Å². The van der Waals surface area contributed by atoms with Crippen molar-refractivity contribution < 1.29 is 15.3 Å². The monoisotopic (exact) mass is 248 g/mol. The Morgan fingerprint density at radius 2 is 1.83 bits per heavy atom. The van der Waals surface area contributed by atoms with Gasteiger partial charge in [-0.3, -0.25) is 5.10 Å². The first-order valence-electron chi connectivity index (χ1n) is 5.79. The molecule has 0 spiro atoms. The third kappa shape index (κ3) is 2.76. The minimum absolute atomic E-state index is 0.148. The highest BCUT2D eigenvalue weighted by molar-refractivity contribution is 5.58. The maximum Gasteiger partial charge on any atom is 0.105 e. The average Bonchev–Trinajstić information content (AvgIpc) is 2.92. The topological polar surface area (TPSA) is 89.4 Å². The summed E-state index contributed by atoms with van der Waals surface area (Å²) in [6, 6.07) is 9.05. The second-order valence-electron chi connectivity index (χ2n) is 4.12. The fourth-order valence-electron chi connectivity index (χ4n) is 1.79. The van der Waals surface area contributed by atoms with Gasteiger partial charge >= 0.3 is 0 Å². The number of hydrogen-bond acceptors (Lipinski definition) is 4. The molecule has 2 aromatic rings. The summed E-state index contributed by atoms with van der Waals surface area (Å²) in [5, 5.41) is 34.9. The highest BCUT2D eigenvalue weighted by atomic mass is 16.3. The predicted molar refractivity (Wildman–Crippen MR) is 66.7 cm³/mol. The Hall–Kier alpha value is -1.69. The van der Waals surface area contributed by atoms with E-state index in [1.807, 2.05) is 18.2 Å². The van der Waals surface area contributed by atoms with Crippen LogP contribution in [0.3, 0.4) is 0 Å². The molecule has 2 unspecified atom stereocenters. The number of rotatable bonds is 5. The molecule has 2 rings (SSSR count). The van der Waals surface area contributed by atoms with E-state index in [-0.39, 0.29) is 13.0 Å². The number of hydrogen-bond donors (Lipinski definition) is 4. The minimum Gasteiger partial charge on any atom is -0.396 e. The zero-order chi connectivity index (χ0) is 13.0. The van der Waals surface area contributed by atoms with Gasteiger partial charge in [0.2, 0.25) is 0 Å². The summed E-state index contributed by atoms with van der Waals surface area (Å²) in [5.74, 6) is 0. The lowest BCUT2D eigenvalue weighted by atomic mass is 10.0. The van der Waals surface area contributed by atoms with Gasteiger partial charge in [-0.2, -0.15) is 5.10 Å². The Labute approximate surface area is 105 Å². The molecule has 0 fully saturated rings. The van der Waals surface area contributed by atoms with E-state index in [4.69, 9.17) is 5.11 Å². The summed E-state index contributed by atoms with van der Waals surface area (Å²) < 4.78 is 0. The van der Waals surface area contributed by atoms with Crippen LogP contribution in [-0.2, 0) is 0 Å². The molecular weight excluding hydrogens is 232 g/mol. The molecule has 0 saturated carbocycles. The van der Waals surface area contributed by atoms with Crippen molar-refractivity contribution in [3.05, 3.63) is 42.1 Å². The van der Waals surface area contributed by atoms with Gasteiger partial charge in [-0.05, 0) is 23.6 Å². The molecule has 0 aliphatic rings. The summed E-state index contributed by atoms with van der Waals surface area (Å²) in [6.07, 6.45) is -0.104. The zero-order valence-corrected chi connectivity index (χ0v) is 9.82. The van der Waals surface area contributed by atoms with E-state index in [9.17, 15) is 10.2 Å².